The number of likely N-dealkylation sites (N-methyl/N-ethyl adjacent to an activating group) is 1. The fraction of sp³-hybridized carbons (Fsp3) is 0.500. The van der Waals surface area contributed by atoms with Crippen LogP contribution in [-0.2, 0) is 33.3 Å². The molecule has 0 aliphatic rings. The summed E-state index contributed by atoms with van der Waals surface area (Å²) in [7, 11) is 5.87. The third-order valence-electron chi connectivity index (χ3n) is 11.3. The van der Waals surface area contributed by atoms with Gasteiger partial charge in [0.15, 0.2) is 12.4 Å². The average Bonchev–Trinajstić information content (AvgIpc) is 3.42. The second-order valence-electron chi connectivity index (χ2n) is 19.8. The number of carbonyl (C=O) groups excluding carboxylic acids is 3. The smallest absolute Gasteiger partial charge is 0.306 e. The van der Waals surface area contributed by atoms with Crippen LogP contribution in [0.5, 0.6) is 0 Å². The molecule has 0 radical (unpaired) electrons. The fourth-order valence-electron chi connectivity index (χ4n) is 6.87. The number of rotatable bonds is 51. The van der Waals surface area contributed by atoms with Crippen molar-refractivity contribution in [3.05, 3.63) is 194 Å². The van der Waals surface area contributed by atoms with Crippen LogP contribution < -0.4 is 5.11 Å². The number of ether oxygens (including phenoxy) is 4. The van der Waals surface area contributed by atoms with Gasteiger partial charge in [0.05, 0.1) is 40.3 Å². The number of aliphatic carboxylic acids is 1. The molecule has 0 aliphatic carbocycles. The molecule has 0 aromatic rings. The zero-order valence-electron chi connectivity index (χ0n) is 49.6. The van der Waals surface area contributed by atoms with Crippen molar-refractivity contribution in [2.75, 3.05) is 47.5 Å². The van der Waals surface area contributed by atoms with Gasteiger partial charge >= 0.3 is 11.9 Å². The van der Waals surface area contributed by atoms with Crippen molar-refractivity contribution < 1.29 is 42.9 Å². The fourth-order valence-corrected chi connectivity index (χ4v) is 6.87. The van der Waals surface area contributed by atoms with E-state index in [9.17, 15) is 19.5 Å². The summed E-state index contributed by atoms with van der Waals surface area (Å²) >= 11 is 0. The van der Waals surface area contributed by atoms with Crippen LogP contribution in [0, 0.1) is 0 Å². The second-order valence-corrected chi connectivity index (χ2v) is 19.8. The lowest BCUT2D eigenvalue weighted by Gasteiger charge is -2.26. The van der Waals surface area contributed by atoms with Crippen molar-refractivity contribution in [1.82, 2.24) is 0 Å². The Morgan fingerprint density at radius 1 is 0.380 bits per heavy atom. The summed E-state index contributed by atoms with van der Waals surface area (Å²) in [6.45, 7) is 4.36. The predicted molar refractivity (Wildman–Crippen MR) is 333 cm³/mol. The highest BCUT2D eigenvalue weighted by atomic mass is 16.7. The molecule has 0 heterocycles. The largest absolute Gasteiger partial charge is 0.545 e. The van der Waals surface area contributed by atoms with Crippen LogP contribution >= 0.6 is 0 Å². The Kier molecular flexibility index (Phi) is 54.0. The molecule has 0 spiro atoms. The summed E-state index contributed by atoms with van der Waals surface area (Å²) in [6, 6.07) is 0. The molecule has 0 rings (SSSR count). The number of hydrogen-bond donors (Lipinski definition) is 0. The molecule has 9 nitrogen and oxygen atoms in total. The normalized spacial score (nSPS) is 14.2. The SMILES string of the molecule is CC/C=C\C/C=C\C/C=C\C/C=C\C/C=C\C/C=C\C/C=C\C/C=C\C/C=C\CCCCCC(=O)OC(COC(=O)CCC/C=C\C/C=C\C/C=C\C/C=C\C/C=C\C/C=C\C/C=C\CC)COC(OCC[N+](C)(C)C)C(=O)[O-]. The number of allylic oxidation sites excluding steroid dienone is 32. The minimum atomic E-state index is -1.66. The van der Waals surface area contributed by atoms with Crippen molar-refractivity contribution in [3.8, 4) is 0 Å². The minimum Gasteiger partial charge on any atom is -0.545 e. The molecule has 0 N–H and O–H groups in total. The summed E-state index contributed by atoms with van der Waals surface area (Å²) in [4.78, 5) is 37.3. The van der Waals surface area contributed by atoms with Gasteiger partial charge < -0.3 is 33.3 Å². The number of carboxylic acids is 1. The Hall–Kier alpha value is -5.87. The first kappa shape index (κ1) is 73.1. The van der Waals surface area contributed by atoms with Crippen LogP contribution in [0.2, 0.25) is 0 Å². The lowest BCUT2D eigenvalue weighted by atomic mass is 10.1. The molecule has 438 valence electrons. The molecule has 79 heavy (non-hydrogen) atoms. The molecule has 0 bridgehead atoms. The highest BCUT2D eigenvalue weighted by molar-refractivity contribution is 5.70. The van der Waals surface area contributed by atoms with Crippen molar-refractivity contribution in [2.24, 2.45) is 0 Å². The van der Waals surface area contributed by atoms with E-state index < -0.39 is 30.3 Å². The van der Waals surface area contributed by atoms with E-state index in [0.29, 0.717) is 23.9 Å². The molecule has 0 saturated heterocycles. The van der Waals surface area contributed by atoms with Crippen LogP contribution in [0.15, 0.2) is 194 Å². The number of hydrogen-bond acceptors (Lipinski definition) is 8. The first-order valence-electron chi connectivity index (χ1n) is 29.6. The van der Waals surface area contributed by atoms with Crippen LogP contribution in [0.4, 0.5) is 0 Å². The Balaban J connectivity index is 4.48. The van der Waals surface area contributed by atoms with E-state index in [2.05, 4.69) is 208 Å². The number of esters is 2. The summed E-state index contributed by atoms with van der Waals surface area (Å²) in [5.41, 5.74) is 0. The molecule has 0 aromatic heterocycles. The highest BCUT2D eigenvalue weighted by Gasteiger charge is 2.21. The van der Waals surface area contributed by atoms with Crippen LogP contribution in [-0.4, -0.2) is 82.3 Å². The van der Waals surface area contributed by atoms with Crippen molar-refractivity contribution in [1.29, 1.82) is 0 Å². The maximum absolute atomic E-state index is 12.9. The van der Waals surface area contributed by atoms with Gasteiger partial charge in [0, 0.05) is 12.8 Å². The first-order valence-corrected chi connectivity index (χ1v) is 29.6. The molecule has 0 aromatic carbocycles. The predicted octanol–water partition coefficient (Wildman–Crippen LogP) is 16.6. The zero-order valence-corrected chi connectivity index (χ0v) is 49.6. The molecule has 0 fully saturated rings. The number of carboxylic acid groups (broad SMARTS) is 1. The van der Waals surface area contributed by atoms with E-state index in [4.69, 9.17) is 18.9 Å². The molecule has 0 saturated carbocycles. The Labute approximate surface area is 481 Å². The standard InChI is InChI=1S/C70H105NO8/c1-6-8-10-12-14-16-18-20-22-24-26-28-30-31-32-33-34-35-36-37-39-41-43-45-47-49-51-53-55-57-59-61-68(73)79-66(65-78-70(69(74)75)76-63-62-71(3,4)5)64-77-67(72)60-58-56-54-52-50-48-46-44-42-40-38-29-27-25-23-21-19-17-15-13-11-9-7-2/h8-11,14-17,20-23,26-29,31-32,34-35,37,39-40,42-43,45-46,48-49,51-52,54,66,70H,6-7,12-13,18-19,24-25,30,33,36,38,41,44,47,50,53,55-65H2,1-5H3/b10-8-,11-9-,16-14-,17-15-,22-20-,23-21-,28-26-,29-27-,32-31-,35-34-,39-37-,42-40-,45-43-,48-46-,51-49-,54-52-. The van der Waals surface area contributed by atoms with Gasteiger partial charge in [-0.1, -0.05) is 215 Å². The summed E-state index contributed by atoms with van der Waals surface area (Å²) < 4.78 is 22.6. The third kappa shape index (κ3) is 59.6. The Morgan fingerprint density at radius 2 is 0.696 bits per heavy atom. The van der Waals surface area contributed by atoms with E-state index in [-0.39, 0.29) is 32.7 Å². The minimum absolute atomic E-state index is 0.119. The van der Waals surface area contributed by atoms with Crippen LogP contribution in [0.25, 0.3) is 0 Å². The maximum atomic E-state index is 12.9. The van der Waals surface area contributed by atoms with E-state index in [0.717, 1.165) is 128 Å². The second kappa shape index (κ2) is 58.3. The van der Waals surface area contributed by atoms with Gasteiger partial charge in [-0.25, -0.2) is 0 Å². The number of nitrogens with zero attached hydrogens (tertiary/aromatic N) is 1. The summed E-state index contributed by atoms with van der Waals surface area (Å²) in [5, 5.41) is 11.8. The monoisotopic (exact) mass is 1090 g/mol. The lowest BCUT2D eigenvalue weighted by molar-refractivity contribution is -0.870. The topological polar surface area (TPSA) is 111 Å². The van der Waals surface area contributed by atoms with Crippen molar-refractivity contribution in [2.45, 2.75) is 180 Å². The lowest BCUT2D eigenvalue weighted by Crippen LogP contribution is -2.44. The van der Waals surface area contributed by atoms with Crippen LogP contribution in [0.3, 0.4) is 0 Å². The van der Waals surface area contributed by atoms with Gasteiger partial charge in [0.1, 0.15) is 13.2 Å². The Bertz CT molecular complexity index is 1990. The third-order valence-corrected chi connectivity index (χ3v) is 11.3. The first-order chi connectivity index (χ1) is 38.6. The van der Waals surface area contributed by atoms with Gasteiger partial charge in [-0.15, -0.1) is 0 Å². The molecule has 0 amide bonds. The number of unbranched alkanes of at least 4 members (excludes halogenated alkanes) is 4. The van der Waals surface area contributed by atoms with E-state index in [1.807, 2.05) is 21.1 Å². The molecule has 9 heteroatoms. The highest BCUT2D eigenvalue weighted by Crippen LogP contribution is 2.10. The van der Waals surface area contributed by atoms with Gasteiger partial charge in [0.25, 0.3) is 0 Å². The molecule has 0 aliphatic heterocycles. The summed E-state index contributed by atoms with van der Waals surface area (Å²) in [5.74, 6) is -2.44. The molecular weight excluding hydrogens is 983 g/mol. The maximum Gasteiger partial charge on any atom is 0.306 e. The van der Waals surface area contributed by atoms with E-state index >= 15 is 0 Å². The van der Waals surface area contributed by atoms with Gasteiger partial charge in [-0.2, -0.15) is 0 Å². The summed E-state index contributed by atoms with van der Waals surface area (Å²) in [6.07, 6.45) is 87.7. The average molecular weight is 1090 g/mol. The number of quaternary nitrogens is 1. The Morgan fingerprint density at radius 3 is 1.03 bits per heavy atom. The van der Waals surface area contributed by atoms with Crippen molar-refractivity contribution >= 4 is 17.9 Å². The molecule has 2 unspecified atom stereocenters. The van der Waals surface area contributed by atoms with E-state index in [1.54, 1.807) is 0 Å². The van der Waals surface area contributed by atoms with Crippen molar-refractivity contribution in [3.63, 3.8) is 0 Å². The van der Waals surface area contributed by atoms with Crippen LogP contribution in [0.1, 0.15) is 168 Å². The number of carbonyl (C=O) groups is 3. The van der Waals surface area contributed by atoms with Gasteiger partial charge in [-0.05, 0) is 135 Å². The van der Waals surface area contributed by atoms with E-state index in [1.165, 1.54) is 0 Å². The quantitative estimate of drug-likeness (QED) is 0.0195. The zero-order chi connectivity index (χ0) is 57.6. The molecular formula is C70H105NO8. The van der Waals surface area contributed by atoms with Gasteiger partial charge in [0.2, 0.25) is 0 Å². The molecule has 2 atom stereocenters. The van der Waals surface area contributed by atoms with Gasteiger partial charge in [-0.3, -0.25) is 9.59 Å².